The number of para-hydroxylation sites is 2. The van der Waals surface area contributed by atoms with Crippen LogP contribution in [0.5, 0.6) is 11.5 Å². The van der Waals surface area contributed by atoms with Gasteiger partial charge in [-0.3, -0.25) is 4.57 Å². The van der Waals surface area contributed by atoms with Crippen molar-refractivity contribution in [3.05, 3.63) is 168 Å². The Kier molecular flexibility index (Phi) is 10.1. The first-order chi connectivity index (χ1) is 29.7. The molecule has 2 aromatic heterocycles. The van der Waals surface area contributed by atoms with Crippen LogP contribution in [0, 0.1) is 0 Å². The number of pyridine rings is 1. The van der Waals surface area contributed by atoms with Crippen molar-refractivity contribution in [3.63, 3.8) is 0 Å². The minimum Gasteiger partial charge on any atom is -0.457 e. The lowest BCUT2D eigenvalue weighted by molar-refractivity contribution is 0.479. The van der Waals surface area contributed by atoms with Crippen LogP contribution in [-0.2, 0) is 21.7 Å². The van der Waals surface area contributed by atoms with E-state index in [1.54, 1.807) is 0 Å². The molecule has 0 aliphatic carbocycles. The highest BCUT2D eigenvalue weighted by atomic mass is 16.5. The maximum absolute atomic E-state index is 7.01. The summed E-state index contributed by atoms with van der Waals surface area (Å²) in [4.78, 5) is 9.89. The second kappa shape index (κ2) is 15.2. The van der Waals surface area contributed by atoms with Crippen LogP contribution in [0.3, 0.4) is 0 Å². The van der Waals surface area contributed by atoms with Gasteiger partial charge in [0.25, 0.3) is 0 Å². The summed E-state index contributed by atoms with van der Waals surface area (Å²) in [6.45, 7) is 28.1. The Morgan fingerprint density at radius 2 is 1.00 bits per heavy atom. The van der Waals surface area contributed by atoms with Crippen molar-refractivity contribution in [1.29, 1.82) is 0 Å². The fourth-order valence-electron chi connectivity index (χ4n) is 8.78. The largest absolute Gasteiger partial charge is 0.457 e. The van der Waals surface area contributed by atoms with Crippen LogP contribution in [0.25, 0.3) is 38.8 Å². The lowest BCUT2D eigenvalue weighted by Gasteiger charge is -2.29. The highest BCUT2D eigenvalue weighted by molar-refractivity contribution is 6.10. The van der Waals surface area contributed by atoms with Crippen molar-refractivity contribution in [2.45, 2.75) is 105 Å². The lowest BCUT2D eigenvalue weighted by atomic mass is 9.80. The average Bonchev–Trinajstić information content (AvgIpc) is 3.78. The topological polar surface area (TPSA) is 33.5 Å². The monoisotopic (exact) mass is 830 g/mol. The van der Waals surface area contributed by atoms with Gasteiger partial charge in [0.15, 0.2) is 0 Å². The maximum Gasteiger partial charge on any atom is 0.137 e. The van der Waals surface area contributed by atoms with E-state index < -0.39 is 0 Å². The molecule has 0 spiro atoms. The molecule has 1 aliphatic heterocycles. The quantitative estimate of drug-likeness (QED) is 0.167. The van der Waals surface area contributed by atoms with E-state index in [1.165, 1.54) is 55.8 Å². The number of hydrogen-bond donors (Lipinski definition) is 0. The molecule has 0 bridgehead atoms. The molecule has 9 rings (SSSR count). The molecule has 0 N–H and O–H groups in total. The third-order valence-corrected chi connectivity index (χ3v) is 12.7. The normalized spacial score (nSPS) is 13.6. The second-order valence-corrected chi connectivity index (χ2v) is 21.6. The Morgan fingerprint density at radius 1 is 0.429 bits per heavy atom. The first-order valence-corrected chi connectivity index (χ1v) is 22.5. The van der Waals surface area contributed by atoms with E-state index in [-0.39, 0.29) is 21.7 Å². The average molecular weight is 831 g/mol. The zero-order valence-electron chi connectivity index (χ0n) is 39.3. The highest BCUT2D eigenvalue weighted by Crippen LogP contribution is 2.48. The van der Waals surface area contributed by atoms with Crippen LogP contribution < -0.4 is 14.5 Å². The van der Waals surface area contributed by atoms with Crippen molar-refractivity contribution in [2.75, 3.05) is 16.5 Å². The van der Waals surface area contributed by atoms with Crippen molar-refractivity contribution in [2.24, 2.45) is 0 Å². The Labute approximate surface area is 375 Å². The molecule has 0 atom stereocenters. The third-order valence-electron chi connectivity index (χ3n) is 12.7. The summed E-state index contributed by atoms with van der Waals surface area (Å²) >= 11 is 0. The number of fused-ring (bicyclic) bond motifs is 4. The number of rotatable bonds is 6. The van der Waals surface area contributed by atoms with Gasteiger partial charge in [0.2, 0.25) is 0 Å². The molecule has 1 aliphatic rings. The van der Waals surface area contributed by atoms with Gasteiger partial charge in [-0.25, -0.2) is 4.98 Å². The Bertz CT molecular complexity index is 2970. The molecule has 0 saturated carbocycles. The summed E-state index contributed by atoms with van der Waals surface area (Å²) in [6.07, 6.45) is 1.94. The highest BCUT2D eigenvalue weighted by Gasteiger charge is 2.31. The smallest absolute Gasteiger partial charge is 0.137 e. The van der Waals surface area contributed by atoms with E-state index in [4.69, 9.17) is 9.72 Å². The van der Waals surface area contributed by atoms with Crippen LogP contribution in [0.1, 0.15) is 105 Å². The van der Waals surface area contributed by atoms with Gasteiger partial charge in [-0.05, 0) is 128 Å². The fraction of sp³-hybridized carbons (Fsp3) is 0.293. The maximum atomic E-state index is 7.01. The molecule has 0 amide bonds. The SMILES string of the molecule is CC(C)(C)c1cc(Oc2ccc3c4cc(-c5ccccc5)ccc4n(-c4cc(C(C)(C)C)ccn4)c3c2)cc(N2CN(c3cc(C(C)(C)C)cc(C(C)(C)C)c3)c3ccccc32)c1. The van der Waals surface area contributed by atoms with Gasteiger partial charge < -0.3 is 14.5 Å². The molecular formula is C58H62N4O. The zero-order valence-corrected chi connectivity index (χ0v) is 39.3. The molecule has 0 saturated heterocycles. The molecular weight excluding hydrogens is 769 g/mol. The molecule has 6 aromatic carbocycles. The summed E-state index contributed by atoms with van der Waals surface area (Å²) < 4.78 is 9.31. The zero-order chi connectivity index (χ0) is 44.6. The summed E-state index contributed by atoms with van der Waals surface area (Å²) in [5.74, 6) is 2.47. The Balaban J connectivity index is 1.15. The molecule has 0 fully saturated rings. The third kappa shape index (κ3) is 8.10. The summed E-state index contributed by atoms with van der Waals surface area (Å²) in [5.41, 5.74) is 14.2. The van der Waals surface area contributed by atoms with Gasteiger partial charge in [0, 0.05) is 40.5 Å². The van der Waals surface area contributed by atoms with Crippen LogP contribution in [-0.4, -0.2) is 16.2 Å². The minimum absolute atomic E-state index is 0.0116. The molecule has 8 aromatic rings. The van der Waals surface area contributed by atoms with E-state index in [0.717, 1.165) is 39.4 Å². The van der Waals surface area contributed by atoms with Gasteiger partial charge >= 0.3 is 0 Å². The van der Waals surface area contributed by atoms with E-state index in [0.29, 0.717) is 6.67 Å². The first-order valence-electron chi connectivity index (χ1n) is 22.5. The molecule has 0 radical (unpaired) electrons. The summed E-state index contributed by atoms with van der Waals surface area (Å²) in [7, 11) is 0. The van der Waals surface area contributed by atoms with Crippen molar-refractivity contribution < 1.29 is 4.74 Å². The van der Waals surface area contributed by atoms with Crippen LogP contribution in [0.2, 0.25) is 0 Å². The van der Waals surface area contributed by atoms with E-state index in [1.807, 2.05) is 6.20 Å². The van der Waals surface area contributed by atoms with Gasteiger partial charge in [0.1, 0.15) is 24.0 Å². The van der Waals surface area contributed by atoms with Crippen LogP contribution >= 0.6 is 0 Å². The van der Waals surface area contributed by atoms with Crippen LogP contribution in [0.15, 0.2) is 146 Å². The van der Waals surface area contributed by atoms with Crippen molar-refractivity contribution in [3.8, 4) is 28.4 Å². The first kappa shape index (κ1) is 42.0. The minimum atomic E-state index is -0.119. The number of anilines is 4. The van der Waals surface area contributed by atoms with E-state index in [2.05, 4.69) is 237 Å². The lowest BCUT2D eigenvalue weighted by Crippen LogP contribution is -2.26. The Hall–Kier alpha value is -6.33. The Morgan fingerprint density at radius 3 is 1.60 bits per heavy atom. The van der Waals surface area contributed by atoms with Crippen molar-refractivity contribution in [1.82, 2.24) is 9.55 Å². The number of benzene rings is 6. The fourth-order valence-corrected chi connectivity index (χ4v) is 8.78. The number of hydrogen-bond acceptors (Lipinski definition) is 4. The van der Waals surface area contributed by atoms with Gasteiger partial charge in [-0.2, -0.15) is 0 Å². The van der Waals surface area contributed by atoms with Gasteiger partial charge in [-0.1, -0.05) is 138 Å². The molecule has 63 heavy (non-hydrogen) atoms. The molecule has 3 heterocycles. The molecule has 320 valence electrons. The predicted octanol–water partition coefficient (Wildman–Crippen LogP) is 16.1. The molecule has 5 heteroatoms. The summed E-state index contributed by atoms with van der Waals surface area (Å²) in [6, 6.07) is 51.0. The molecule has 0 unspecified atom stereocenters. The standard InChI is InChI=1S/C58H62N4O/c1-55(2,3)40-26-27-59-54(34-40)62-50-25-22-39(38-18-14-13-15-19-38)28-49(50)48-24-23-46(36-53(48)62)63-47-33-43(58(10,11)12)32-45(35-47)61-37-60(51-20-16-17-21-52(51)61)44-30-41(56(4,5)6)29-42(31-44)57(7,8)9/h13-36H,37H2,1-12H3. The van der Waals surface area contributed by atoms with Crippen molar-refractivity contribution >= 4 is 44.6 Å². The number of nitrogens with zero attached hydrogens (tertiary/aromatic N) is 4. The van der Waals surface area contributed by atoms with Gasteiger partial charge in [-0.15, -0.1) is 0 Å². The summed E-state index contributed by atoms with van der Waals surface area (Å²) in [5, 5.41) is 2.33. The van der Waals surface area contributed by atoms with Gasteiger partial charge in [0.05, 0.1) is 22.4 Å². The van der Waals surface area contributed by atoms with E-state index >= 15 is 0 Å². The number of ether oxygens (including phenoxy) is 1. The molecule has 5 nitrogen and oxygen atoms in total. The van der Waals surface area contributed by atoms with E-state index in [9.17, 15) is 0 Å². The second-order valence-electron chi connectivity index (χ2n) is 21.6. The number of aromatic nitrogens is 2. The predicted molar refractivity (Wildman–Crippen MR) is 267 cm³/mol. The van der Waals surface area contributed by atoms with Crippen LogP contribution in [0.4, 0.5) is 22.7 Å².